The van der Waals surface area contributed by atoms with Crippen molar-refractivity contribution in [3.05, 3.63) is 51.7 Å². The number of ether oxygens (including phenoxy) is 1. The van der Waals surface area contributed by atoms with Crippen LogP contribution in [0.3, 0.4) is 0 Å². The number of hydrogen-bond acceptors (Lipinski definition) is 3. The molecule has 0 saturated carbocycles. The van der Waals surface area contributed by atoms with Gasteiger partial charge in [-0.25, -0.2) is 0 Å². The van der Waals surface area contributed by atoms with Gasteiger partial charge in [0.1, 0.15) is 5.75 Å². The first kappa shape index (κ1) is 13.1. The van der Waals surface area contributed by atoms with E-state index in [1.165, 1.54) is 16.0 Å². The van der Waals surface area contributed by atoms with Crippen molar-refractivity contribution in [2.75, 3.05) is 13.7 Å². The van der Waals surface area contributed by atoms with Gasteiger partial charge < -0.3 is 10.1 Å². The van der Waals surface area contributed by atoms with E-state index in [1.807, 2.05) is 6.07 Å². The molecule has 0 bridgehead atoms. The number of nitrogens with one attached hydrogen (secondary N) is 1. The molecule has 1 aromatic heterocycles. The molecular weight excluding hydrogens is 242 g/mol. The Bertz CT molecular complexity index is 493. The van der Waals surface area contributed by atoms with E-state index in [-0.39, 0.29) is 6.04 Å². The maximum Gasteiger partial charge on any atom is 0.119 e. The first-order valence-electron chi connectivity index (χ1n) is 6.17. The summed E-state index contributed by atoms with van der Waals surface area (Å²) in [6.07, 6.45) is 0. The maximum atomic E-state index is 5.26. The van der Waals surface area contributed by atoms with E-state index in [9.17, 15) is 0 Å². The SMILES string of the molecule is CCNC(c1cccs1)c1ccc(OC)cc1C. The van der Waals surface area contributed by atoms with Crippen LogP contribution in [0.5, 0.6) is 5.75 Å². The number of hydrogen-bond donors (Lipinski definition) is 1. The fourth-order valence-corrected chi connectivity index (χ4v) is 2.94. The lowest BCUT2D eigenvalue weighted by molar-refractivity contribution is 0.414. The van der Waals surface area contributed by atoms with Gasteiger partial charge in [0.05, 0.1) is 13.2 Å². The molecule has 0 aliphatic rings. The second-order valence-electron chi connectivity index (χ2n) is 4.23. The topological polar surface area (TPSA) is 21.3 Å². The quantitative estimate of drug-likeness (QED) is 0.884. The van der Waals surface area contributed by atoms with Gasteiger partial charge in [0.25, 0.3) is 0 Å². The van der Waals surface area contributed by atoms with Gasteiger partial charge in [-0.05, 0) is 48.2 Å². The highest BCUT2D eigenvalue weighted by atomic mass is 32.1. The van der Waals surface area contributed by atoms with Crippen LogP contribution in [-0.2, 0) is 0 Å². The van der Waals surface area contributed by atoms with Gasteiger partial charge in [-0.15, -0.1) is 11.3 Å². The third kappa shape index (κ3) is 2.74. The maximum absolute atomic E-state index is 5.26. The third-order valence-electron chi connectivity index (χ3n) is 3.02. The predicted octanol–water partition coefficient (Wildman–Crippen LogP) is 3.76. The minimum Gasteiger partial charge on any atom is -0.497 e. The standard InChI is InChI=1S/C15H19NOS/c1-4-16-15(14-6-5-9-18-14)13-8-7-12(17-3)10-11(13)2/h5-10,15-16H,4H2,1-3H3. The summed E-state index contributed by atoms with van der Waals surface area (Å²) in [5.74, 6) is 0.915. The van der Waals surface area contributed by atoms with Gasteiger partial charge >= 0.3 is 0 Å². The Kier molecular flexibility index (Phi) is 4.39. The summed E-state index contributed by atoms with van der Waals surface area (Å²) in [6.45, 7) is 5.23. The Hall–Kier alpha value is -1.32. The second kappa shape index (κ2) is 6.03. The van der Waals surface area contributed by atoms with E-state index >= 15 is 0 Å². The van der Waals surface area contributed by atoms with Crippen LogP contribution >= 0.6 is 11.3 Å². The molecule has 1 aromatic carbocycles. The van der Waals surface area contributed by atoms with Crippen molar-refractivity contribution < 1.29 is 4.74 Å². The summed E-state index contributed by atoms with van der Waals surface area (Å²) in [7, 11) is 1.70. The van der Waals surface area contributed by atoms with Crippen molar-refractivity contribution in [2.24, 2.45) is 0 Å². The number of thiophene rings is 1. The average Bonchev–Trinajstić information content (AvgIpc) is 2.90. The molecule has 18 heavy (non-hydrogen) atoms. The lowest BCUT2D eigenvalue weighted by atomic mass is 9.99. The highest BCUT2D eigenvalue weighted by molar-refractivity contribution is 7.10. The molecule has 1 unspecified atom stereocenters. The monoisotopic (exact) mass is 261 g/mol. The molecule has 96 valence electrons. The average molecular weight is 261 g/mol. The Morgan fingerprint density at radius 1 is 1.33 bits per heavy atom. The van der Waals surface area contributed by atoms with Gasteiger partial charge in [0.2, 0.25) is 0 Å². The van der Waals surface area contributed by atoms with Gasteiger partial charge in [-0.3, -0.25) is 0 Å². The zero-order chi connectivity index (χ0) is 13.0. The van der Waals surface area contributed by atoms with E-state index in [2.05, 4.69) is 48.8 Å². The molecule has 0 aliphatic carbocycles. The van der Waals surface area contributed by atoms with Crippen LogP contribution in [0.15, 0.2) is 35.7 Å². The van der Waals surface area contributed by atoms with Crippen LogP contribution < -0.4 is 10.1 Å². The first-order valence-corrected chi connectivity index (χ1v) is 7.05. The van der Waals surface area contributed by atoms with E-state index < -0.39 is 0 Å². The molecule has 3 heteroatoms. The van der Waals surface area contributed by atoms with Gasteiger partial charge in [0, 0.05) is 4.88 Å². The van der Waals surface area contributed by atoms with Crippen LogP contribution in [0.4, 0.5) is 0 Å². The number of rotatable bonds is 5. The molecule has 2 rings (SSSR count). The van der Waals surface area contributed by atoms with E-state index in [1.54, 1.807) is 18.4 Å². The Balaban J connectivity index is 2.37. The van der Waals surface area contributed by atoms with Crippen LogP contribution in [0, 0.1) is 6.92 Å². The van der Waals surface area contributed by atoms with Crippen LogP contribution in [-0.4, -0.2) is 13.7 Å². The lowest BCUT2D eigenvalue weighted by Gasteiger charge is -2.19. The molecule has 0 saturated heterocycles. The summed E-state index contributed by atoms with van der Waals surface area (Å²) in [4.78, 5) is 1.35. The summed E-state index contributed by atoms with van der Waals surface area (Å²) in [5, 5.41) is 5.67. The summed E-state index contributed by atoms with van der Waals surface area (Å²) in [5.41, 5.74) is 2.58. The third-order valence-corrected chi connectivity index (χ3v) is 3.96. The summed E-state index contributed by atoms with van der Waals surface area (Å²) >= 11 is 1.79. The van der Waals surface area contributed by atoms with Crippen molar-refractivity contribution >= 4 is 11.3 Å². The van der Waals surface area contributed by atoms with Crippen molar-refractivity contribution in [1.29, 1.82) is 0 Å². The van der Waals surface area contributed by atoms with Crippen molar-refractivity contribution in [3.8, 4) is 5.75 Å². The van der Waals surface area contributed by atoms with Crippen LogP contribution in [0.2, 0.25) is 0 Å². The molecule has 2 nitrogen and oxygen atoms in total. The molecule has 1 N–H and O–H groups in total. The van der Waals surface area contributed by atoms with E-state index in [4.69, 9.17) is 4.74 Å². The molecule has 0 aliphatic heterocycles. The number of benzene rings is 1. The molecule has 1 heterocycles. The zero-order valence-corrected chi connectivity index (χ0v) is 11.9. The predicted molar refractivity (Wildman–Crippen MR) is 77.6 cm³/mol. The molecule has 2 aromatic rings. The summed E-state index contributed by atoms with van der Waals surface area (Å²) < 4.78 is 5.26. The fourth-order valence-electron chi connectivity index (χ4n) is 2.12. The normalized spacial score (nSPS) is 12.4. The van der Waals surface area contributed by atoms with E-state index in [0.29, 0.717) is 0 Å². The van der Waals surface area contributed by atoms with Gasteiger partial charge in [-0.2, -0.15) is 0 Å². The molecule has 0 spiro atoms. The highest BCUT2D eigenvalue weighted by Gasteiger charge is 2.16. The first-order chi connectivity index (χ1) is 8.76. The second-order valence-corrected chi connectivity index (χ2v) is 5.21. The number of aryl methyl sites for hydroxylation is 1. The molecule has 1 atom stereocenters. The van der Waals surface area contributed by atoms with Crippen molar-refractivity contribution in [1.82, 2.24) is 5.32 Å². The van der Waals surface area contributed by atoms with E-state index in [0.717, 1.165) is 12.3 Å². The number of methoxy groups -OCH3 is 1. The Morgan fingerprint density at radius 2 is 2.17 bits per heavy atom. The van der Waals surface area contributed by atoms with Crippen molar-refractivity contribution in [3.63, 3.8) is 0 Å². The Morgan fingerprint density at radius 3 is 2.72 bits per heavy atom. The lowest BCUT2D eigenvalue weighted by Crippen LogP contribution is -2.21. The molecule has 0 fully saturated rings. The smallest absolute Gasteiger partial charge is 0.119 e. The van der Waals surface area contributed by atoms with Crippen LogP contribution in [0.1, 0.15) is 29.0 Å². The minimum atomic E-state index is 0.279. The zero-order valence-electron chi connectivity index (χ0n) is 11.1. The van der Waals surface area contributed by atoms with Crippen LogP contribution in [0.25, 0.3) is 0 Å². The highest BCUT2D eigenvalue weighted by Crippen LogP contribution is 2.29. The van der Waals surface area contributed by atoms with Crippen molar-refractivity contribution in [2.45, 2.75) is 19.9 Å². The Labute approximate surface area is 113 Å². The minimum absolute atomic E-state index is 0.279. The largest absolute Gasteiger partial charge is 0.497 e. The summed E-state index contributed by atoms with van der Waals surface area (Å²) in [6, 6.07) is 10.8. The van der Waals surface area contributed by atoms with Gasteiger partial charge in [0.15, 0.2) is 0 Å². The molecule has 0 radical (unpaired) electrons. The fraction of sp³-hybridized carbons (Fsp3) is 0.333. The molecular formula is C15H19NOS. The van der Waals surface area contributed by atoms with Gasteiger partial charge in [-0.1, -0.05) is 19.1 Å². The molecule has 0 amide bonds.